The molecule has 1 aliphatic heterocycles. The number of nitriles is 1. The van der Waals surface area contributed by atoms with Gasteiger partial charge >= 0.3 is 0 Å². The van der Waals surface area contributed by atoms with Crippen LogP contribution < -0.4 is 4.90 Å². The lowest BCUT2D eigenvalue weighted by molar-refractivity contribution is 0.231. The van der Waals surface area contributed by atoms with Crippen molar-refractivity contribution >= 4 is 17.3 Å². The Labute approximate surface area is 120 Å². The molecule has 0 aliphatic carbocycles. The third-order valence-corrected chi connectivity index (χ3v) is 3.75. The van der Waals surface area contributed by atoms with Gasteiger partial charge in [-0.3, -0.25) is 4.90 Å². The molecule has 1 fully saturated rings. The molecule has 0 saturated carbocycles. The van der Waals surface area contributed by atoms with Crippen LogP contribution in [0.15, 0.2) is 18.2 Å². The zero-order valence-corrected chi connectivity index (χ0v) is 12.3. The normalized spacial score (nSPS) is 16.7. The molecule has 0 bridgehead atoms. The van der Waals surface area contributed by atoms with Crippen LogP contribution in [0.1, 0.15) is 19.4 Å². The number of rotatable bonds is 3. The summed E-state index contributed by atoms with van der Waals surface area (Å²) >= 11 is 6.09. The molecule has 1 aromatic rings. The lowest BCUT2D eigenvalue weighted by Crippen LogP contribution is -2.47. The molecule has 0 atom stereocenters. The van der Waals surface area contributed by atoms with Gasteiger partial charge in [-0.2, -0.15) is 5.26 Å². The molecule has 102 valence electrons. The van der Waals surface area contributed by atoms with Crippen LogP contribution in [0.2, 0.25) is 5.02 Å². The van der Waals surface area contributed by atoms with Gasteiger partial charge in [-0.25, -0.2) is 0 Å². The predicted octanol–water partition coefficient (Wildman–Crippen LogP) is 2.99. The molecule has 2 rings (SSSR count). The summed E-state index contributed by atoms with van der Waals surface area (Å²) in [6.45, 7) is 9.91. The Morgan fingerprint density at radius 3 is 2.47 bits per heavy atom. The smallest absolute Gasteiger partial charge is 0.101 e. The molecule has 1 aliphatic rings. The Kier molecular flexibility index (Phi) is 4.68. The first kappa shape index (κ1) is 14.2. The van der Waals surface area contributed by atoms with Crippen molar-refractivity contribution in [2.45, 2.75) is 13.8 Å². The van der Waals surface area contributed by atoms with Crippen LogP contribution in [0, 0.1) is 17.2 Å². The Bertz CT molecular complexity index is 471. The molecule has 0 amide bonds. The van der Waals surface area contributed by atoms with Crippen molar-refractivity contribution in [1.29, 1.82) is 5.26 Å². The van der Waals surface area contributed by atoms with E-state index in [1.54, 1.807) is 6.07 Å². The van der Waals surface area contributed by atoms with Gasteiger partial charge in [-0.05, 0) is 24.1 Å². The van der Waals surface area contributed by atoms with Gasteiger partial charge in [-0.15, -0.1) is 0 Å². The number of halogens is 1. The van der Waals surface area contributed by atoms with E-state index >= 15 is 0 Å². The molecule has 3 nitrogen and oxygen atoms in total. The molecule has 0 unspecified atom stereocenters. The average molecular weight is 278 g/mol. The van der Waals surface area contributed by atoms with Crippen molar-refractivity contribution in [2.24, 2.45) is 5.92 Å². The zero-order chi connectivity index (χ0) is 13.8. The molecule has 4 heteroatoms. The number of hydrogen-bond acceptors (Lipinski definition) is 3. The Morgan fingerprint density at radius 1 is 1.26 bits per heavy atom. The molecule has 1 aromatic carbocycles. The van der Waals surface area contributed by atoms with Crippen LogP contribution in [0.25, 0.3) is 0 Å². The Morgan fingerprint density at radius 2 is 1.95 bits per heavy atom. The number of nitrogens with zero attached hydrogens (tertiary/aromatic N) is 3. The molecule has 0 N–H and O–H groups in total. The minimum absolute atomic E-state index is 0.545. The summed E-state index contributed by atoms with van der Waals surface area (Å²) in [7, 11) is 0. The first-order chi connectivity index (χ1) is 9.10. The van der Waals surface area contributed by atoms with E-state index in [4.69, 9.17) is 16.9 Å². The van der Waals surface area contributed by atoms with E-state index in [-0.39, 0.29) is 0 Å². The standard InChI is InChI=1S/C15H20ClN3/c1-12(2)11-18-5-7-19(8-6-18)14-4-3-13(10-17)15(16)9-14/h3-4,9,12H,5-8,11H2,1-2H3. The molecule has 1 saturated heterocycles. The minimum Gasteiger partial charge on any atom is -0.369 e. The van der Waals surface area contributed by atoms with Gasteiger partial charge in [0, 0.05) is 38.4 Å². The molecular formula is C15H20ClN3. The molecule has 1 heterocycles. The maximum Gasteiger partial charge on any atom is 0.101 e. The summed E-state index contributed by atoms with van der Waals surface area (Å²) in [6, 6.07) is 7.79. The second kappa shape index (κ2) is 6.27. The van der Waals surface area contributed by atoms with E-state index in [0.717, 1.165) is 37.8 Å². The number of hydrogen-bond donors (Lipinski definition) is 0. The second-order valence-corrected chi connectivity index (χ2v) is 5.86. The SMILES string of the molecule is CC(C)CN1CCN(c2ccc(C#N)c(Cl)c2)CC1. The van der Waals surface area contributed by atoms with Crippen molar-refractivity contribution in [3.05, 3.63) is 28.8 Å². The number of anilines is 1. The van der Waals surface area contributed by atoms with Crippen LogP contribution in [0.4, 0.5) is 5.69 Å². The van der Waals surface area contributed by atoms with Gasteiger partial charge in [0.2, 0.25) is 0 Å². The first-order valence-corrected chi connectivity index (χ1v) is 7.15. The lowest BCUT2D eigenvalue weighted by Gasteiger charge is -2.36. The van der Waals surface area contributed by atoms with Crippen LogP contribution in [-0.4, -0.2) is 37.6 Å². The second-order valence-electron chi connectivity index (χ2n) is 5.46. The first-order valence-electron chi connectivity index (χ1n) is 6.77. The highest BCUT2D eigenvalue weighted by molar-refractivity contribution is 6.32. The van der Waals surface area contributed by atoms with Gasteiger partial charge < -0.3 is 4.90 Å². The van der Waals surface area contributed by atoms with Crippen LogP contribution in [0.3, 0.4) is 0 Å². The fourth-order valence-corrected chi connectivity index (χ4v) is 2.71. The van der Waals surface area contributed by atoms with Gasteiger partial charge in [-0.1, -0.05) is 25.4 Å². The average Bonchev–Trinajstić information content (AvgIpc) is 2.39. The van der Waals surface area contributed by atoms with E-state index < -0.39 is 0 Å². The monoisotopic (exact) mass is 277 g/mol. The topological polar surface area (TPSA) is 30.3 Å². The van der Waals surface area contributed by atoms with E-state index in [0.29, 0.717) is 10.6 Å². The highest BCUT2D eigenvalue weighted by atomic mass is 35.5. The quantitative estimate of drug-likeness (QED) is 0.851. The highest BCUT2D eigenvalue weighted by Crippen LogP contribution is 2.24. The maximum atomic E-state index is 8.88. The third-order valence-electron chi connectivity index (χ3n) is 3.43. The lowest BCUT2D eigenvalue weighted by atomic mass is 10.1. The van der Waals surface area contributed by atoms with Gasteiger partial charge in [0.15, 0.2) is 0 Å². The molecular weight excluding hydrogens is 258 g/mol. The summed E-state index contributed by atoms with van der Waals surface area (Å²) in [5.74, 6) is 0.718. The molecule has 0 aromatic heterocycles. The van der Waals surface area contributed by atoms with Crippen molar-refractivity contribution in [1.82, 2.24) is 4.90 Å². The Hall–Kier alpha value is -1.24. The largest absolute Gasteiger partial charge is 0.369 e. The van der Waals surface area contributed by atoms with Crippen LogP contribution in [-0.2, 0) is 0 Å². The van der Waals surface area contributed by atoms with E-state index in [1.807, 2.05) is 12.1 Å². The molecule has 19 heavy (non-hydrogen) atoms. The van der Waals surface area contributed by atoms with E-state index in [1.165, 1.54) is 6.54 Å². The van der Waals surface area contributed by atoms with Crippen LogP contribution >= 0.6 is 11.6 Å². The summed E-state index contributed by atoms with van der Waals surface area (Å²) in [5, 5.41) is 9.43. The molecule has 0 spiro atoms. The summed E-state index contributed by atoms with van der Waals surface area (Å²) in [6.07, 6.45) is 0. The van der Waals surface area contributed by atoms with Crippen molar-refractivity contribution in [3.8, 4) is 6.07 Å². The summed E-state index contributed by atoms with van der Waals surface area (Å²) in [5.41, 5.74) is 1.66. The maximum absolute atomic E-state index is 8.88. The van der Waals surface area contributed by atoms with Gasteiger partial charge in [0.1, 0.15) is 6.07 Å². The fourth-order valence-electron chi connectivity index (χ4n) is 2.50. The van der Waals surface area contributed by atoms with Crippen molar-refractivity contribution in [3.63, 3.8) is 0 Å². The Balaban J connectivity index is 1.98. The number of benzene rings is 1. The van der Waals surface area contributed by atoms with Crippen molar-refractivity contribution in [2.75, 3.05) is 37.6 Å². The van der Waals surface area contributed by atoms with E-state index in [2.05, 4.69) is 29.7 Å². The number of piperazine rings is 1. The predicted molar refractivity (Wildman–Crippen MR) is 79.7 cm³/mol. The minimum atomic E-state index is 0.545. The van der Waals surface area contributed by atoms with Gasteiger partial charge in [0.05, 0.1) is 10.6 Å². The third kappa shape index (κ3) is 3.62. The van der Waals surface area contributed by atoms with Crippen LogP contribution in [0.5, 0.6) is 0 Å². The van der Waals surface area contributed by atoms with E-state index in [9.17, 15) is 0 Å². The highest BCUT2D eigenvalue weighted by Gasteiger charge is 2.18. The summed E-state index contributed by atoms with van der Waals surface area (Å²) < 4.78 is 0. The zero-order valence-electron chi connectivity index (χ0n) is 11.6. The van der Waals surface area contributed by atoms with Crippen molar-refractivity contribution < 1.29 is 0 Å². The fraction of sp³-hybridized carbons (Fsp3) is 0.533. The molecule has 0 radical (unpaired) electrons. The summed E-state index contributed by atoms with van der Waals surface area (Å²) in [4.78, 5) is 4.84. The van der Waals surface area contributed by atoms with Gasteiger partial charge in [0.25, 0.3) is 0 Å².